The Morgan fingerprint density at radius 2 is 2.10 bits per heavy atom. The van der Waals surface area contributed by atoms with Gasteiger partial charge in [0.25, 0.3) is 0 Å². The molecule has 1 aliphatic heterocycles. The van der Waals surface area contributed by atoms with Crippen LogP contribution in [-0.4, -0.2) is 45.7 Å². The fourth-order valence-corrected chi connectivity index (χ4v) is 3.74. The summed E-state index contributed by atoms with van der Waals surface area (Å²) in [5, 5.41) is 8.16. The standard InChI is InChI=1S/C22H23ClN4O2/c23-19-6-1-2-7-21(19)29-12-9-18-13-20(26-25-18)16-8-11-27(15-16)22(28)14-17-5-3-4-10-24-17/h1-7,10,13,16H,8-9,11-12,14-15H2,(H,25,26)/t16-/m1/s1. The normalized spacial score (nSPS) is 16.2. The van der Waals surface area contributed by atoms with E-state index in [1.807, 2.05) is 47.4 Å². The van der Waals surface area contributed by atoms with Crippen molar-refractivity contribution in [1.82, 2.24) is 20.1 Å². The Morgan fingerprint density at radius 3 is 2.93 bits per heavy atom. The van der Waals surface area contributed by atoms with Crippen LogP contribution in [0.3, 0.4) is 0 Å². The van der Waals surface area contributed by atoms with Crippen molar-refractivity contribution in [2.45, 2.75) is 25.2 Å². The Bertz CT molecular complexity index is 960. The lowest BCUT2D eigenvalue weighted by molar-refractivity contribution is -0.129. The number of carbonyl (C=O) groups is 1. The quantitative estimate of drug-likeness (QED) is 0.645. The molecule has 7 heteroatoms. The van der Waals surface area contributed by atoms with Crippen LogP contribution in [-0.2, 0) is 17.6 Å². The van der Waals surface area contributed by atoms with E-state index in [1.165, 1.54) is 0 Å². The predicted octanol–water partition coefficient (Wildman–Crippen LogP) is 3.64. The highest BCUT2D eigenvalue weighted by molar-refractivity contribution is 6.32. The molecular weight excluding hydrogens is 388 g/mol. The third-order valence-corrected chi connectivity index (χ3v) is 5.45. The molecule has 4 rings (SSSR count). The number of amides is 1. The van der Waals surface area contributed by atoms with Crippen molar-refractivity contribution in [3.05, 3.63) is 76.8 Å². The number of ether oxygens (including phenoxy) is 1. The third kappa shape index (κ3) is 4.95. The molecule has 0 spiro atoms. The van der Waals surface area contributed by atoms with Gasteiger partial charge < -0.3 is 9.64 Å². The molecule has 1 amide bonds. The van der Waals surface area contributed by atoms with E-state index < -0.39 is 0 Å². The summed E-state index contributed by atoms with van der Waals surface area (Å²) in [4.78, 5) is 18.7. The molecule has 1 aliphatic rings. The molecule has 0 radical (unpaired) electrons. The maximum atomic E-state index is 12.5. The van der Waals surface area contributed by atoms with Gasteiger partial charge in [-0.25, -0.2) is 0 Å². The van der Waals surface area contributed by atoms with E-state index in [0.29, 0.717) is 36.8 Å². The number of likely N-dealkylation sites (tertiary alicyclic amines) is 1. The van der Waals surface area contributed by atoms with Crippen LogP contribution in [0.1, 0.15) is 29.4 Å². The van der Waals surface area contributed by atoms with Gasteiger partial charge in [-0.2, -0.15) is 5.10 Å². The van der Waals surface area contributed by atoms with Crippen LogP contribution >= 0.6 is 11.6 Å². The number of rotatable bonds is 7. The lowest BCUT2D eigenvalue weighted by Gasteiger charge is -2.15. The number of benzene rings is 1. The van der Waals surface area contributed by atoms with Crippen LogP contribution in [0.15, 0.2) is 54.7 Å². The summed E-state index contributed by atoms with van der Waals surface area (Å²) in [5.74, 6) is 1.07. The minimum absolute atomic E-state index is 0.120. The molecule has 3 heterocycles. The first kappa shape index (κ1) is 19.5. The van der Waals surface area contributed by atoms with E-state index >= 15 is 0 Å². The topological polar surface area (TPSA) is 71.1 Å². The number of pyridine rings is 1. The van der Waals surface area contributed by atoms with Gasteiger partial charge in [-0.3, -0.25) is 14.9 Å². The van der Waals surface area contributed by atoms with E-state index in [9.17, 15) is 4.79 Å². The van der Waals surface area contributed by atoms with Crippen molar-refractivity contribution in [2.24, 2.45) is 0 Å². The summed E-state index contributed by atoms with van der Waals surface area (Å²) in [6.07, 6.45) is 3.70. The summed E-state index contributed by atoms with van der Waals surface area (Å²) < 4.78 is 5.74. The molecule has 6 nitrogen and oxygen atoms in total. The summed E-state index contributed by atoms with van der Waals surface area (Å²) in [6.45, 7) is 1.98. The Kier molecular flexibility index (Phi) is 6.10. The number of hydrogen-bond donors (Lipinski definition) is 1. The molecule has 2 aromatic heterocycles. The van der Waals surface area contributed by atoms with Crippen LogP contribution in [0.2, 0.25) is 5.02 Å². The van der Waals surface area contributed by atoms with Crippen LogP contribution in [0, 0.1) is 0 Å². The highest BCUT2D eigenvalue weighted by Crippen LogP contribution is 2.27. The zero-order chi connectivity index (χ0) is 20.1. The first-order valence-corrected chi connectivity index (χ1v) is 10.2. The number of aromatic amines is 1. The number of aromatic nitrogens is 3. The lowest BCUT2D eigenvalue weighted by atomic mass is 10.0. The highest BCUT2D eigenvalue weighted by atomic mass is 35.5. The Balaban J connectivity index is 1.27. The van der Waals surface area contributed by atoms with E-state index in [0.717, 1.165) is 30.0 Å². The number of hydrogen-bond acceptors (Lipinski definition) is 4. The van der Waals surface area contributed by atoms with E-state index in [-0.39, 0.29) is 11.8 Å². The number of nitrogens with one attached hydrogen (secondary N) is 1. The first-order valence-electron chi connectivity index (χ1n) is 9.78. The second-order valence-corrected chi connectivity index (χ2v) is 7.58. The van der Waals surface area contributed by atoms with Gasteiger partial charge in [0.2, 0.25) is 5.91 Å². The van der Waals surface area contributed by atoms with E-state index in [2.05, 4.69) is 21.2 Å². The number of halogens is 1. The Hall–Kier alpha value is -2.86. The van der Waals surface area contributed by atoms with Crippen LogP contribution in [0.25, 0.3) is 0 Å². The molecule has 1 N–H and O–H groups in total. The van der Waals surface area contributed by atoms with Gasteiger partial charge in [0, 0.05) is 43.0 Å². The van der Waals surface area contributed by atoms with E-state index in [1.54, 1.807) is 6.20 Å². The minimum atomic E-state index is 0.120. The minimum Gasteiger partial charge on any atom is -0.492 e. The van der Waals surface area contributed by atoms with Crippen LogP contribution in [0.4, 0.5) is 0 Å². The lowest BCUT2D eigenvalue weighted by Crippen LogP contribution is -2.30. The largest absolute Gasteiger partial charge is 0.492 e. The van der Waals surface area contributed by atoms with Gasteiger partial charge >= 0.3 is 0 Å². The Morgan fingerprint density at radius 1 is 1.24 bits per heavy atom. The summed E-state index contributed by atoms with van der Waals surface area (Å²) >= 11 is 6.11. The molecule has 1 atom stereocenters. The van der Waals surface area contributed by atoms with E-state index in [4.69, 9.17) is 16.3 Å². The van der Waals surface area contributed by atoms with Gasteiger partial charge in [-0.15, -0.1) is 0 Å². The van der Waals surface area contributed by atoms with Gasteiger partial charge in [-0.05, 0) is 36.8 Å². The van der Waals surface area contributed by atoms with Crippen molar-refractivity contribution in [3.8, 4) is 5.75 Å². The average molecular weight is 411 g/mol. The summed E-state index contributed by atoms with van der Waals surface area (Å²) in [7, 11) is 0. The van der Waals surface area contributed by atoms with Crippen molar-refractivity contribution >= 4 is 17.5 Å². The van der Waals surface area contributed by atoms with Crippen molar-refractivity contribution < 1.29 is 9.53 Å². The molecule has 1 fully saturated rings. The summed E-state index contributed by atoms with van der Waals surface area (Å²) in [5.41, 5.74) is 2.83. The zero-order valence-corrected chi connectivity index (χ0v) is 16.8. The maximum absolute atomic E-state index is 12.5. The van der Waals surface area contributed by atoms with Gasteiger partial charge in [-0.1, -0.05) is 29.8 Å². The zero-order valence-electron chi connectivity index (χ0n) is 16.1. The van der Waals surface area contributed by atoms with Crippen LogP contribution in [0.5, 0.6) is 5.75 Å². The van der Waals surface area contributed by atoms with Crippen molar-refractivity contribution in [3.63, 3.8) is 0 Å². The number of H-pyrrole nitrogens is 1. The predicted molar refractivity (Wildman–Crippen MR) is 111 cm³/mol. The number of nitrogens with zero attached hydrogens (tertiary/aromatic N) is 3. The van der Waals surface area contributed by atoms with Gasteiger partial charge in [0.15, 0.2) is 0 Å². The second kappa shape index (κ2) is 9.09. The summed E-state index contributed by atoms with van der Waals surface area (Å²) in [6, 6.07) is 15.2. The smallest absolute Gasteiger partial charge is 0.228 e. The average Bonchev–Trinajstić information content (AvgIpc) is 3.40. The fourth-order valence-electron chi connectivity index (χ4n) is 3.55. The molecule has 29 heavy (non-hydrogen) atoms. The van der Waals surface area contributed by atoms with Crippen molar-refractivity contribution in [1.29, 1.82) is 0 Å². The van der Waals surface area contributed by atoms with Crippen molar-refractivity contribution in [2.75, 3.05) is 19.7 Å². The first-order chi connectivity index (χ1) is 14.2. The number of para-hydroxylation sites is 1. The Labute approximate surface area is 174 Å². The third-order valence-electron chi connectivity index (χ3n) is 5.13. The molecule has 1 aromatic carbocycles. The monoisotopic (exact) mass is 410 g/mol. The molecule has 3 aromatic rings. The van der Waals surface area contributed by atoms with Crippen LogP contribution < -0.4 is 4.74 Å². The molecule has 0 aliphatic carbocycles. The SMILES string of the molecule is O=C(Cc1ccccn1)N1CC[C@@H](c2cc(CCOc3ccccc3Cl)[nH]n2)C1. The molecule has 0 unspecified atom stereocenters. The molecule has 150 valence electrons. The number of carbonyl (C=O) groups excluding carboxylic acids is 1. The highest BCUT2D eigenvalue weighted by Gasteiger charge is 2.29. The molecule has 0 saturated carbocycles. The second-order valence-electron chi connectivity index (χ2n) is 7.17. The molecular formula is C22H23ClN4O2. The van der Waals surface area contributed by atoms with Gasteiger partial charge in [0.05, 0.1) is 23.7 Å². The molecule has 0 bridgehead atoms. The fraction of sp³-hybridized carbons (Fsp3) is 0.318. The molecule has 1 saturated heterocycles. The maximum Gasteiger partial charge on any atom is 0.228 e. The van der Waals surface area contributed by atoms with Gasteiger partial charge in [0.1, 0.15) is 5.75 Å².